The summed E-state index contributed by atoms with van der Waals surface area (Å²) in [6.45, 7) is 3.81. The molecule has 3 fully saturated rings. The van der Waals surface area contributed by atoms with Gasteiger partial charge in [-0.15, -0.1) is 0 Å². The number of carbonyl (C=O) groups excluding carboxylic acids is 2. The van der Waals surface area contributed by atoms with Gasteiger partial charge in [-0.1, -0.05) is 26.2 Å². The van der Waals surface area contributed by atoms with Crippen LogP contribution in [0.4, 0.5) is 0 Å². The number of piperidine rings is 2. The van der Waals surface area contributed by atoms with Crippen LogP contribution >= 0.6 is 0 Å². The Morgan fingerprint density at radius 1 is 1.10 bits per heavy atom. The van der Waals surface area contributed by atoms with Gasteiger partial charge in [0.05, 0.1) is 0 Å². The van der Waals surface area contributed by atoms with Crippen molar-refractivity contribution in [1.82, 2.24) is 10.2 Å². The van der Waals surface area contributed by atoms with Crippen molar-refractivity contribution >= 4 is 11.8 Å². The van der Waals surface area contributed by atoms with Crippen LogP contribution < -0.4 is 5.32 Å². The highest BCUT2D eigenvalue weighted by Gasteiger charge is 2.44. The van der Waals surface area contributed by atoms with Crippen molar-refractivity contribution in [3.05, 3.63) is 0 Å². The largest absolute Gasteiger partial charge is 0.312 e. The molecule has 2 atom stereocenters. The van der Waals surface area contributed by atoms with E-state index in [2.05, 4.69) is 12.2 Å². The Labute approximate surface area is 127 Å². The molecule has 1 aliphatic carbocycles. The van der Waals surface area contributed by atoms with Crippen molar-refractivity contribution in [3.63, 3.8) is 0 Å². The first kappa shape index (κ1) is 15.0. The smallest absolute Gasteiger partial charge is 0.229 e. The molecule has 21 heavy (non-hydrogen) atoms. The molecular weight excluding hydrogens is 264 g/mol. The van der Waals surface area contributed by atoms with Crippen LogP contribution in [0.15, 0.2) is 0 Å². The minimum Gasteiger partial charge on any atom is -0.312 e. The molecule has 0 radical (unpaired) electrons. The lowest BCUT2D eigenvalue weighted by atomic mass is 9.67. The van der Waals surface area contributed by atoms with Crippen molar-refractivity contribution in [2.24, 2.45) is 11.3 Å². The SMILES string of the molecule is CC1CCCNC1CN1C(=O)CC2(CCCCC2)CC1=O. The van der Waals surface area contributed by atoms with E-state index in [1.54, 1.807) is 4.90 Å². The van der Waals surface area contributed by atoms with Crippen molar-refractivity contribution in [3.8, 4) is 0 Å². The monoisotopic (exact) mass is 292 g/mol. The van der Waals surface area contributed by atoms with Crippen LogP contribution in [-0.2, 0) is 9.59 Å². The Hall–Kier alpha value is -0.900. The lowest BCUT2D eigenvalue weighted by Gasteiger charge is -2.44. The van der Waals surface area contributed by atoms with E-state index in [4.69, 9.17) is 0 Å². The topological polar surface area (TPSA) is 49.4 Å². The minimum absolute atomic E-state index is 0.00846. The molecule has 4 heteroatoms. The van der Waals surface area contributed by atoms with Crippen molar-refractivity contribution < 1.29 is 9.59 Å². The lowest BCUT2D eigenvalue weighted by Crippen LogP contribution is -2.55. The molecule has 2 amide bonds. The molecule has 0 bridgehead atoms. The van der Waals surface area contributed by atoms with Crippen LogP contribution in [0.2, 0.25) is 0 Å². The Bertz CT molecular complexity index is 395. The summed E-state index contributed by atoms with van der Waals surface area (Å²) in [5.41, 5.74) is 0.00846. The van der Waals surface area contributed by atoms with Crippen LogP contribution in [0, 0.1) is 11.3 Å². The van der Waals surface area contributed by atoms with Gasteiger partial charge in [0.2, 0.25) is 11.8 Å². The van der Waals surface area contributed by atoms with Gasteiger partial charge in [0.1, 0.15) is 0 Å². The molecule has 4 nitrogen and oxygen atoms in total. The average Bonchev–Trinajstić information content (AvgIpc) is 2.45. The zero-order valence-corrected chi connectivity index (χ0v) is 13.2. The van der Waals surface area contributed by atoms with Gasteiger partial charge in [-0.3, -0.25) is 14.5 Å². The third-order valence-corrected chi connectivity index (χ3v) is 5.88. The van der Waals surface area contributed by atoms with E-state index in [9.17, 15) is 9.59 Å². The zero-order valence-electron chi connectivity index (χ0n) is 13.2. The fourth-order valence-corrected chi connectivity index (χ4v) is 4.45. The second kappa shape index (κ2) is 6.07. The van der Waals surface area contributed by atoms with Gasteiger partial charge < -0.3 is 5.32 Å². The van der Waals surface area contributed by atoms with Gasteiger partial charge in [0.25, 0.3) is 0 Å². The first-order chi connectivity index (χ1) is 10.1. The number of likely N-dealkylation sites (tertiary alicyclic amines) is 1. The van der Waals surface area contributed by atoms with Crippen LogP contribution in [-0.4, -0.2) is 35.8 Å². The quantitative estimate of drug-likeness (QED) is 0.795. The van der Waals surface area contributed by atoms with Crippen LogP contribution in [0.5, 0.6) is 0 Å². The van der Waals surface area contributed by atoms with Crippen molar-refractivity contribution in [1.29, 1.82) is 0 Å². The summed E-state index contributed by atoms with van der Waals surface area (Å²) in [5.74, 6) is 0.699. The molecule has 1 N–H and O–H groups in total. The zero-order chi connectivity index (χ0) is 14.9. The van der Waals surface area contributed by atoms with Crippen molar-refractivity contribution in [2.75, 3.05) is 13.1 Å². The molecule has 1 saturated carbocycles. The van der Waals surface area contributed by atoms with Gasteiger partial charge in [0.15, 0.2) is 0 Å². The maximum absolute atomic E-state index is 12.5. The molecule has 2 unspecified atom stereocenters. The molecule has 118 valence electrons. The number of nitrogens with zero attached hydrogens (tertiary/aromatic N) is 1. The predicted molar refractivity (Wildman–Crippen MR) is 81.7 cm³/mol. The first-order valence-corrected chi connectivity index (χ1v) is 8.66. The Morgan fingerprint density at radius 2 is 1.76 bits per heavy atom. The molecule has 3 rings (SSSR count). The normalized spacial score (nSPS) is 33.5. The minimum atomic E-state index is 0.00846. The second-order valence-corrected chi connectivity index (χ2v) is 7.49. The van der Waals surface area contributed by atoms with Crippen LogP contribution in [0.25, 0.3) is 0 Å². The van der Waals surface area contributed by atoms with E-state index in [1.165, 1.54) is 32.1 Å². The third kappa shape index (κ3) is 3.15. The van der Waals surface area contributed by atoms with E-state index >= 15 is 0 Å². The summed E-state index contributed by atoms with van der Waals surface area (Å²) in [7, 11) is 0. The fraction of sp³-hybridized carbons (Fsp3) is 0.882. The summed E-state index contributed by atoms with van der Waals surface area (Å²) < 4.78 is 0. The average molecular weight is 292 g/mol. The van der Waals surface area contributed by atoms with E-state index in [0.717, 1.165) is 19.4 Å². The number of hydrogen-bond acceptors (Lipinski definition) is 3. The van der Waals surface area contributed by atoms with Gasteiger partial charge in [0, 0.05) is 25.4 Å². The molecule has 1 spiro atoms. The second-order valence-electron chi connectivity index (χ2n) is 7.49. The Balaban J connectivity index is 1.65. The number of imide groups is 1. The van der Waals surface area contributed by atoms with E-state index in [1.807, 2.05) is 0 Å². The molecule has 0 aromatic carbocycles. The lowest BCUT2D eigenvalue weighted by molar-refractivity contribution is -0.155. The number of rotatable bonds is 2. The third-order valence-electron chi connectivity index (χ3n) is 5.88. The fourth-order valence-electron chi connectivity index (χ4n) is 4.45. The van der Waals surface area contributed by atoms with Gasteiger partial charge in [-0.25, -0.2) is 0 Å². The summed E-state index contributed by atoms with van der Waals surface area (Å²) in [6, 6.07) is 0.284. The van der Waals surface area contributed by atoms with E-state index in [-0.39, 0.29) is 23.3 Å². The summed E-state index contributed by atoms with van der Waals surface area (Å²) in [5, 5.41) is 3.48. The first-order valence-electron chi connectivity index (χ1n) is 8.66. The molecule has 3 aliphatic rings. The summed E-state index contributed by atoms with van der Waals surface area (Å²) in [4.78, 5) is 26.6. The van der Waals surface area contributed by atoms with Crippen LogP contribution in [0.1, 0.15) is 64.7 Å². The van der Waals surface area contributed by atoms with Crippen LogP contribution in [0.3, 0.4) is 0 Å². The number of nitrogens with one attached hydrogen (secondary N) is 1. The number of amides is 2. The Kier molecular flexibility index (Phi) is 4.34. The maximum Gasteiger partial charge on any atom is 0.229 e. The number of hydrogen-bond donors (Lipinski definition) is 1. The van der Waals surface area contributed by atoms with Gasteiger partial charge >= 0.3 is 0 Å². The standard InChI is InChI=1S/C17H28N2O2/c1-13-6-5-9-18-14(13)12-19-15(20)10-17(11-16(19)21)7-3-2-4-8-17/h13-14,18H,2-12H2,1H3. The van der Waals surface area contributed by atoms with E-state index in [0.29, 0.717) is 25.3 Å². The predicted octanol–water partition coefficient (Wildman–Crippen LogP) is 2.47. The Morgan fingerprint density at radius 3 is 2.38 bits per heavy atom. The molecule has 0 aromatic rings. The molecule has 0 aromatic heterocycles. The highest BCUT2D eigenvalue weighted by Crippen LogP contribution is 2.45. The molecule has 2 saturated heterocycles. The van der Waals surface area contributed by atoms with Crippen molar-refractivity contribution in [2.45, 2.75) is 70.8 Å². The summed E-state index contributed by atoms with van der Waals surface area (Å²) in [6.07, 6.45) is 9.34. The van der Waals surface area contributed by atoms with Gasteiger partial charge in [-0.05, 0) is 43.6 Å². The summed E-state index contributed by atoms with van der Waals surface area (Å²) >= 11 is 0. The van der Waals surface area contributed by atoms with Gasteiger partial charge in [-0.2, -0.15) is 0 Å². The maximum atomic E-state index is 12.5. The highest BCUT2D eigenvalue weighted by molar-refractivity contribution is 5.98. The highest BCUT2D eigenvalue weighted by atomic mass is 16.2. The molecular formula is C17H28N2O2. The van der Waals surface area contributed by atoms with E-state index < -0.39 is 0 Å². The number of carbonyl (C=O) groups is 2. The molecule has 2 aliphatic heterocycles. The molecule has 2 heterocycles.